The Kier molecular flexibility index (Phi) is 5.63. The summed E-state index contributed by atoms with van der Waals surface area (Å²) in [6.07, 6.45) is 0.769. The fraction of sp³-hybridized carbons (Fsp3) is 0.333. The van der Waals surface area contributed by atoms with Crippen molar-refractivity contribution in [2.45, 2.75) is 19.8 Å². The van der Waals surface area contributed by atoms with Gasteiger partial charge in [0.2, 0.25) is 0 Å². The van der Waals surface area contributed by atoms with Gasteiger partial charge in [0.05, 0.1) is 30.9 Å². The summed E-state index contributed by atoms with van der Waals surface area (Å²) in [5.41, 5.74) is 1.29. The minimum atomic E-state index is -0.907. The Bertz CT molecular complexity index is 672. The number of aromatic nitrogens is 1. The summed E-state index contributed by atoms with van der Waals surface area (Å²) in [7, 11) is 1.55. The van der Waals surface area contributed by atoms with Crippen LogP contribution in [0, 0.1) is 0 Å². The Hall–Kier alpha value is -1.79. The van der Waals surface area contributed by atoms with E-state index in [1.807, 2.05) is 6.92 Å². The molecule has 0 amide bonds. The maximum Gasteiger partial charge on any atom is 0.309 e. The van der Waals surface area contributed by atoms with Crippen LogP contribution in [0.2, 0.25) is 5.02 Å². The monoisotopic (exact) mass is 341 g/mol. The topological polar surface area (TPSA) is 68.7 Å². The molecular weight excluding hydrogens is 326 g/mol. The lowest BCUT2D eigenvalue weighted by Crippen LogP contribution is -2.00. The third-order valence-corrected chi connectivity index (χ3v) is 4.03. The van der Waals surface area contributed by atoms with Gasteiger partial charge >= 0.3 is 5.97 Å². The van der Waals surface area contributed by atoms with Crippen LogP contribution in [0.15, 0.2) is 17.5 Å². The van der Waals surface area contributed by atoms with Gasteiger partial charge in [0.15, 0.2) is 11.5 Å². The average molecular weight is 342 g/mol. The van der Waals surface area contributed by atoms with Gasteiger partial charge in [-0.1, -0.05) is 18.5 Å². The molecule has 0 bridgehead atoms. The molecule has 0 aliphatic heterocycles. The third kappa shape index (κ3) is 3.90. The highest BCUT2D eigenvalue weighted by molar-refractivity contribution is 7.13. The fourth-order valence-corrected chi connectivity index (χ4v) is 2.94. The molecule has 2 rings (SSSR count). The summed E-state index contributed by atoms with van der Waals surface area (Å²) >= 11 is 7.63. The highest BCUT2D eigenvalue weighted by Crippen LogP contribution is 2.40. The number of benzene rings is 1. The number of carbonyl (C=O) groups is 1. The van der Waals surface area contributed by atoms with Gasteiger partial charge in [-0.05, 0) is 18.6 Å². The van der Waals surface area contributed by atoms with Crippen LogP contribution in [-0.4, -0.2) is 29.8 Å². The molecular formula is C15H16ClNO4S. The first-order valence-corrected chi connectivity index (χ1v) is 7.97. The Morgan fingerprint density at radius 1 is 1.45 bits per heavy atom. The van der Waals surface area contributed by atoms with E-state index in [4.69, 9.17) is 26.2 Å². The number of carboxylic acids is 1. The molecule has 0 unspecified atom stereocenters. The van der Waals surface area contributed by atoms with Crippen LogP contribution >= 0.6 is 22.9 Å². The van der Waals surface area contributed by atoms with Crippen LogP contribution in [0.3, 0.4) is 0 Å². The van der Waals surface area contributed by atoms with E-state index in [9.17, 15) is 4.79 Å². The van der Waals surface area contributed by atoms with Crippen molar-refractivity contribution in [1.29, 1.82) is 0 Å². The first-order chi connectivity index (χ1) is 10.5. The minimum absolute atomic E-state index is 0.0982. The Balaban J connectivity index is 2.33. The normalized spacial score (nSPS) is 10.5. The highest BCUT2D eigenvalue weighted by Gasteiger charge is 2.15. The lowest BCUT2D eigenvalue weighted by Gasteiger charge is -2.13. The number of aliphatic carboxylic acids is 1. The molecule has 7 heteroatoms. The van der Waals surface area contributed by atoms with Gasteiger partial charge in [0.1, 0.15) is 5.01 Å². The van der Waals surface area contributed by atoms with E-state index in [1.165, 1.54) is 11.3 Å². The average Bonchev–Trinajstić information content (AvgIpc) is 2.93. The van der Waals surface area contributed by atoms with Gasteiger partial charge in [-0.2, -0.15) is 0 Å². The van der Waals surface area contributed by atoms with Crippen LogP contribution < -0.4 is 9.47 Å². The molecule has 5 nitrogen and oxygen atoms in total. The maximum absolute atomic E-state index is 10.7. The second-order valence-electron chi connectivity index (χ2n) is 4.55. The predicted octanol–water partition coefficient (Wildman–Crippen LogP) is 3.89. The van der Waals surface area contributed by atoms with E-state index in [0.717, 1.165) is 12.0 Å². The second-order valence-corrected chi connectivity index (χ2v) is 5.82. The van der Waals surface area contributed by atoms with E-state index >= 15 is 0 Å². The molecule has 0 aliphatic rings. The number of rotatable bonds is 7. The first kappa shape index (κ1) is 16.6. The molecule has 0 radical (unpaired) electrons. The SMILES string of the molecule is CCCOc1c(Cl)cc(-c2nc(CC(=O)O)cs2)cc1OC. The Morgan fingerprint density at radius 3 is 2.86 bits per heavy atom. The number of hydrogen-bond donors (Lipinski definition) is 1. The van der Waals surface area contributed by atoms with Gasteiger partial charge in [0, 0.05) is 10.9 Å². The highest BCUT2D eigenvalue weighted by atomic mass is 35.5. The summed E-state index contributed by atoms with van der Waals surface area (Å²) < 4.78 is 10.9. The summed E-state index contributed by atoms with van der Waals surface area (Å²) in [5, 5.41) is 11.7. The van der Waals surface area contributed by atoms with Crippen LogP contribution in [0.1, 0.15) is 19.0 Å². The van der Waals surface area contributed by atoms with E-state index in [0.29, 0.717) is 33.8 Å². The Labute approximate surface area is 137 Å². The third-order valence-electron chi connectivity index (χ3n) is 2.81. The number of carboxylic acid groups (broad SMARTS) is 1. The molecule has 1 aromatic carbocycles. The predicted molar refractivity (Wildman–Crippen MR) is 86.2 cm³/mol. The van der Waals surface area contributed by atoms with E-state index in [-0.39, 0.29) is 6.42 Å². The largest absolute Gasteiger partial charge is 0.493 e. The van der Waals surface area contributed by atoms with E-state index in [2.05, 4.69) is 4.98 Å². The van der Waals surface area contributed by atoms with Crippen molar-refractivity contribution in [2.24, 2.45) is 0 Å². The molecule has 118 valence electrons. The number of methoxy groups -OCH3 is 1. The quantitative estimate of drug-likeness (QED) is 0.827. The van der Waals surface area contributed by atoms with Gasteiger partial charge < -0.3 is 14.6 Å². The van der Waals surface area contributed by atoms with Crippen molar-refractivity contribution in [1.82, 2.24) is 4.98 Å². The van der Waals surface area contributed by atoms with Crippen LogP contribution in [0.5, 0.6) is 11.5 Å². The van der Waals surface area contributed by atoms with Crippen molar-refractivity contribution < 1.29 is 19.4 Å². The smallest absolute Gasteiger partial charge is 0.309 e. The molecule has 0 saturated heterocycles. The number of halogens is 1. The van der Waals surface area contributed by atoms with Crippen molar-refractivity contribution in [3.8, 4) is 22.1 Å². The van der Waals surface area contributed by atoms with Crippen molar-refractivity contribution in [3.05, 3.63) is 28.2 Å². The lowest BCUT2D eigenvalue weighted by molar-refractivity contribution is -0.136. The van der Waals surface area contributed by atoms with Gasteiger partial charge in [-0.25, -0.2) is 4.98 Å². The standard InChI is InChI=1S/C15H16ClNO4S/c1-3-4-21-14-11(16)5-9(6-12(14)20-2)15-17-10(8-22-15)7-13(18)19/h5-6,8H,3-4,7H2,1-2H3,(H,18,19). The maximum atomic E-state index is 10.7. The number of nitrogens with zero attached hydrogens (tertiary/aromatic N) is 1. The first-order valence-electron chi connectivity index (χ1n) is 6.72. The van der Waals surface area contributed by atoms with Crippen LogP contribution in [0.4, 0.5) is 0 Å². The second kappa shape index (κ2) is 7.47. The van der Waals surface area contributed by atoms with Gasteiger partial charge in [-0.3, -0.25) is 4.79 Å². The lowest BCUT2D eigenvalue weighted by atomic mass is 10.2. The summed E-state index contributed by atoms with van der Waals surface area (Å²) in [6.45, 7) is 2.56. The molecule has 2 aromatic rings. The molecule has 0 fully saturated rings. The molecule has 1 aromatic heterocycles. The molecule has 0 saturated carbocycles. The Morgan fingerprint density at radius 2 is 2.23 bits per heavy atom. The van der Waals surface area contributed by atoms with Crippen LogP contribution in [-0.2, 0) is 11.2 Å². The number of thiazole rings is 1. The van der Waals surface area contributed by atoms with E-state index in [1.54, 1.807) is 24.6 Å². The van der Waals surface area contributed by atoms with Crippen molar-refractivity contribution in [2.75, 3.05) is 13.7 Å². The zero-order valence-corrected chi connectivity index (χ0v) is 13.8. The van der Waals surface area contributed by atoms with Crippen LogP contribution in [0.25, 0.3) is 10.6 Å². The van der Waals surface area contributed by atoms with E-state index < -0.39 is 5.97 Å². The molecule has 0 spiro atoms. The molecule has 22 heavy (non-hydrogen) atoms. The summed E-state index contributed by atoms with van der Waals surface area (Å²) in [4.78, 5) is 15.0. The molecule has 1 heterocycles. The molecule has 1 N–H and O–H groups in total. The van der Waals surface area contributed by atoms with Crippen molar-refractivity contribution in [3.63, 3.8) is 0 Å². The number of ether oxygens (including phenoxy) is 2. The number of hydrogen-bond acceptors (Lipinski definition) is 5. The fourth-order valence-electron chi connectivity index (χ4n) is 1.86. The zero-order chi connectivity index (χ0) is 16.1. The van der Waals surface area contributed by atoms with Gasteiger partial charge in [0.25, 0.3) is 0 Å². The van der Waals surface area contributed by atoms with Gasteiger partial charge in [-0.15, -0.1) is 11.3 Å². The zero-order valence-electron chi connectivity index (χ0n) is 12.3. The molecule has 0 aliphatic carbocycles. The molecule has 0 atom stereocenters. The van der Waals surface area contributed by atoms with Crippen molar-refractivity contribution >= 4 is 28.9 Å². The summed E-state index contributed by atoms with van der Waals surface area (Å²) in [5.74, 6) is 0.138. The summed E-state index contributed by atoms with van der Waals surface area (Å²) in [6, 6.07) is 3.54. The minimum Gasteiger partial charge on any atom is -0.493 e.